The lowest BCUT2D eigenvalue weighted by atomic mass is 10.1. The third-order valence-corrected chi connectivity index (χ3v) is 5.28. The minimum absolute atomic E-state index is 0.0382. The average molecular weight is 449 g/mol. The van der Waals surface area contributed by atoms with E-state index in [1.807, 2.05) is 0 Å². The molecule has 2 heterocycles. The number of benzene rings is 1. The molecule has 14 heteroatoms. The van der Waals surface area contributed by atoms with Crippen molar-refractivity contribution in [2.24, 2.45) is 5.73 Å². The molecule has 3 rings (SSSR count). The molecular weight excluding hydrogens is 431 g/mol. The van der Waals surface area contributed by atoms with Gasteiger partial charge in [0.15, 0.2) is 11.9 Å². The molecule has 0 spiro atoms. The first-order valence-corrected chi connectivity index (χ1v) is 10.0. The number of phosphoric ester groups is 1. The van der Waals surface area contributed by atoms with Crippen molar-refractivity contribution < 1.29 is 38.3 Å². The second-order valence-corrected chi connectivity index (χ2v) is 7.92. The maximum Gasteiger partial charge on any atom is 0.527 e. The Morgan fingerprint density at radius 3 is 2.55 bits per heavy atom. The molecule has 12 nitrogen and oxygen atoms in total. The number of anilines is 1. The molecule has 7 N–H and O–H groups in total. The summed E-state index contributed by atoms with van der Waals surface area (Å²) in [5.74, 6) is -1.01. The van der Waals surface area contributed by atoms with Crippen molar-refractivity contribution in [3.63, 3.8) is 0 Å². The lowest BCUT2D eigenvalue weighted by Crippen LogP contribution is -2.33. The molecule has 1 amide bonds. The summed E-state index contributed by atoms with van der Waals surface area (Å²) in [6.45, 7) is -0.590. The van der Waals surface area contributed by atoms with Gasteiger partial charge in [-0.05, 0) is 24.3 Å². The van der Waals surface area contributed by atoms with Crippen LogP contribution in [0.1, 0.15) is 16.7 Å². The van der Waals surface area contributed by atoms with Crippen LogP contribution in [-0.2, 0) is 13.8 Å². The maximum absolute atomic E-state index is 12.1. The van der Waals surface area contributed by atoms with Crippen LogP contribution in [0.2, 0.25) is 5.02 Å². The van der Waals surface area contributed by atoms with E-state index in [4.69, 9.17) is 36.9 Å². The van der Waals surface area contributed by atoms with Crippen molar-refractivity contribution in [2.45, 2.75) is 24.5 Å². The molecule has 1 aliphatic rings. The Kier molecular flexibility index (Phi) is 6.15. The largest absolute Gasteiger partial charge is 0.527 e. The van der Waals surface area contributed by atoms with E-state index in [2.05, 4.69) is 4.98 Å². The van der Waals surface area contributed by atoms with Crippen LogP contribution in [0.4, 0.5) is 5.82 Å². The number of imidazole rings is 1. The number of aliphatic hydroxyl groups is 2. The Morgan fingerprint density at radius 2 is 1.97 bits per heavy atom. The van der Waals surface area contributed by atoms with Gasteiger partial charge in [0.2, 0.25) is 0 Å². The van der Waals surface area contributed by atoms with E-state index < -0.39 is 44.9 Å². The second-order valence-electron chi connectivity index (χ2n) is 6.11. The molecule has 0 saturated carbocycles. The van der Waals surface area contributed by atoms with Crippen molar-refractivity contribution >= 4 is 31.1 Å². The fourth-order valence-electron chi connectivity index (χ4n) is 2.68. The van der Waals surface area contributed by atoms with Gasteiger partial charge in [-0.2, -0.15) is 0 Å². The van der Waals surface area contributed by atoms with Gasteiger partial charge in [0.05, 0.1) is 12.9 Å². The summed E-state index contributed by atoms with van der Waals surface area (Å²) in [5, 5.41) is 20.8. The smallest absolute Gasteiger partial charge is 0.404 e. The van der Waals surface area contributed by atoms with Gasteiger partial charge in [0, 0.05) is 5.02 Å². The van der Waals surface area contributed by atoms with Gasteiger partial charge in [-0.1, -0.05) is 11.6 Å². The summed E-state index contributed by atoms with van der Waals surface area (Å²) in [6.07, 6.45) is -4.30. The summed E-state index contributed by atoms with van der Waals surface area (Å²) in [4.78, 5) is 24.8. The van der Waals surface area contributed by atoms with Crippen LogP contribution in [0.3, 0.4) is 0 Å². The fraction of sp³-hybridized carbons (Fsp3) is 0.333. The molecule has 5 atom stereocenters. The number of hydrogen-bond donors (Lipinski definition) is 5. The molecule has 29 heavy (non-hydrogen) atoms. The maximum atomic E-state index is 12.1. The molecule has 0 aliphatic carbocycles. The highest BCUT2D eigenvalue weighted by Crippen LogP contribution is 2.45. The lowest BCUT2D eigenvalue weighted by Gasteiger charge is -2.18. The quantitative estimate of drug-likeness (QED) is 0.361. The zero-order chi connectivity index (χ0) is 21.3. The summed E-state index contributed by atoms with van der Waals surface area (Å²) in [7, 11) is -4.56. The number of hydrogen-bond acceptors (Lipinski definition) is 9. The van der Waals surface area contributed by atoms with Crippen molar-refractivity contribution in [1.82, 2.24) is 9.55 Å². The lowest BCUT2D eigenvalue weighted by molar-refractivity contribution is -0.0508. The van der Waals surface area contributed by atoms with Gasteiger partial charge >= 0.3 is 7.82 Å². The Balaban J connectivity index is 1.65. The highest BCUT2D eigenvalue weighted by atomic mass is 35.5. The second kappa shape index (κ2) is 8.28. The Bertz CT molecular complexity index is 939. The van der Waals surface area contributed by atoms with Crippen LogP contribution in [-0.4, -0.2) is 55.5 Å². The van der Waals surface area contributed by atoms with Crippen LogP contribution < -0.4 is 16.0 Å². The topological polar surface area (TPSA) is 192 Å². The van der Waals surface area contributed by atoms with Crippen LogP contribution in [0, 0.1) is 0 Å². The van der Waals surface area contributed by atoms with E-state index in [1.165, 1.54) is 24.3 Å². The number of ether oxygens (including phenoxy) is 1. The van der Waals surface area contributed by atoms with E-state index in [9.17, 15) is 24.5 Å². The Morgan fingerprint density at radius 1 is 1.31 bits per heavy atom. The molecule has 1 aromatic carbocycles. The van der Waals surface area contributed by atoms with Crippen molar-refractivity contribution in [3.05, 3.63) is 41.3 Å². The van der Waals surface area contributed by atoms with E-state index in [0.717, 1.165) is 10.9 Å². The number of nitrogens with zero attached hydrogens (tertiary/aromatic N) is 2. The number of carbonyl (C=O) groups is 1. The van der Waals surface area contributed by atoms with Gasteiger partial charge in [-0.3, -0.25) is 18.8 Å². The van der Waals surface area contributed by atoms with Crippen LogP contribution in [0.5, 0.6) is 5.75 Å². The summed E-state index contributed by atoms with van der Waals surface area (Å²) >= 11 is 5.73. The van der Waals surface area contributed by atoms with E-state index in [-0.39, 0.29) is 17.3 Å². The van der Waals surface area contributed by atoms with Crippen molar-refractivity contribution in [3.8, 4) is 5.75 Å². The number of primary amides is 1. The van der Waals surface area contributed by atoms with Crippen molar-refractivity contribution in [1.29, 1.82) is 0 Å². The van der Waals surface area contributed by atoms with E-state index in [0.29, 0.717) is 5.02 Å². The SMILES string of the molecule is NC(=O)c1ncn([C@@H]2O[C@H](COP(=O)(O)Oc3ccc(Cl)cc3)[C@@H](O)[C@H]2O)c1N. The van der Waals surface area contributed by atoms with Gasteiger partial charge in [0.25, 0.3) is 5.91 Å². The number of aliphatic hydroxyl groups excluding tert-OH is 2. The number of nitrogens with two attached hydrogens (primary N) is 2. The fourth-order valence-corrected chi connectivity index (χ4v) is 3.58. The first-order chi connectivity index (χ1) is 13.6. The first kappa shape index (κ1) is 21.5. The van der Waals surface area contributed by atoms with Gasteiger partial charge in [-0.15, -0.1) is 0 Å². The minimum atomic E-state index is -4.56. The summed E-state index contributed by atoms with van der Waals surface area (Å²) in [5.41, 5.74) is 10.7. The number of rotatable bonds is 7. The van der Waals surface area contributed by atoms with E-state index >= 15 is 0 Å². The number of phosphoric acid groups is 1. The monoisotopic (exact) mass is 448 g/mol. The molecule has 1 fully saturated rings. The number of halogens is 1. The molecule has 1 aliphatic heterocycles. The summed E-state index contributed by atoms with van der Waals surface area (Å²) in [6, 6.07) is 5.65. The predicted molar refractivity (Wildman–Crippen MR) is 98.9 cm³/mol. The number of carbonyl (C=O) groups excluding carboxylic acids is 1. The molecule has 0 radical (unpaired) electrons. The highest BCUT2D eigenvalue weighted by molar-refractivity contribution is 7.47. The normalized spacial score (nSPS) is 26.2. The third kappa shape index (κ3) is 4.70. The zero-order valence-electron chi connectivity index (χ0n) is 14.7. The molecule has 158 valence electrons. The number of aromatic nitrogens is 2. The van der Waals surface area contributed by atoms with Gasteiger partial charge < -0.3 is 30.9 Å². The van der Waals surface area contributed by atoms with Crippen LogP contribution >= 0.6 is 19.4 Å². The molecule has 1 saturated heterocycles. The number of amides is 1. The molecule has 2 aromatic rings. The van der Waals surface area contributed by atoms with Crippen molar-refractivity contribution in [2.75, 3.05) is 12.3 Å². The van der Waals surface area contributed by atoms with Crippen LogP contribution in [0.25, 0.3) is 0 Å². The minimum Gasteiger partial charge on any atom is -0.404 e. The Labute approximate surface area is 169 Å². The van der Waals surface area contributed by atoms with Crippen LogP contribution in [0.15, 0.2) is 30.6 Å². The van der Waals surface area contributed by atoms with Gasteiger partial charge in [0.1, 0.15) is 29.9 Å². The third-order valence-electron chi connectivity index (χ3n) is 4.11. The predicted octanol–water partition coefficient (Wildman–Crippen LogP) is 0.0328. The van der Waals surface area contributed by atoms with Gasteiger partial charge in [-0.25, -0.2) is 9.55 Å². The molecule has 1 unspecified atom stereocenters. The van der Waals surface area contributed by atoms with E-state index in [1.54, 1.807) is 0 Å². The zero-order valence-corrected chi connectivity index (χ0v) is 16.3. The molecule has 0 bridgehead atoms. The molecular formula is C15H18ClN4O8P. The Hall–Kier alpha value is -2.18. The average Bonchev–Trinajstić information content (AvgIpc) is 3.16. The highest BCUT2D eigenvalue weighted by Gasteiger charge is 2.45. The standard InChI is InChI=1S/C15H18ClN4O8P/c16-7-1-3-8(4-2-7)28-29(24,25)26-5-9-11(21)12(22)15(27-9)20-6-19-10(13(20)17)14(18)23/h1-4,6,9,11-12,15,21-22H,5,17H2,(H2,18,23)(H,24,25)/t9-,11-,12-,15-/m1/s1. The molecule has 1 aromatic heterocycles. The summed E-state index contributed by atoms with van der Waals surface area (Å²) < 4.78 is 28.4. The first-order valence-electron chi connectivity index (χ1n) is 8.15. The number of nitrogen functional groups attached to an aromatic ring is 1.